The number of carboxylic acids is 1. The molecule has 1 atom stereocenters. The van der Waals surface area contributed by atoms with E-state index in [1.165, 1.54) is 13.3 Å². The normalized spacial score (nSPS) is 16.3. The lowest BCUT2D eigenvalue weighted by molar-refractivity contribution is -0.141. The molecule has 1 aliphatic heterocycles. The van der Waals surface area contributed by atoms with Gasteiger partial charge in [0.25, 0.3) is 0 Å². The van der Waals surface area contributed by atoms with Crippen LogP contribution in [-0.2, 0) is 4.79 Å². The number of hydrogen-bond acceptors (Lipinski definition) is 5. The molecule has 2 heterocycles. The van der Waals surface area contributed by atoms with Crippen molar-refractivity contribution in [3.8, 4) is 5.75 Å². The molecule has 0 radical (unpaired) electrons. The summed E-state index contributed by atoms with van der Waals surface area (Å²) in [6, 6.07) is 6.39. The monoisotopic (exact) mass is 567 g/mol. The highest BCUT2D eigenvalue weighted by atomic mass is 35.5. The number of pyridine rings is 1. The summed E-state index contributed by atoms with van der Waals surface area (Å²) in [5.41, 5.74) is -0.0831. The number of halogens is 5. The number of piperidine rings is 1. The van der Waals surface area contributed by atoms with E-state index in [9.17, 15) is 23.1 Å². The van der Waals surface area contributed by atoms with E-state index >= 15 is 4.39 Å². The van der Waals surface area contributed by atoms with Gasteiger partial charge < -0.3 is 20.1 Å². The Balaban J connectivity index is 1.39. The second-order valence-corrected chi connectivity index (χ2v) is 10.4. The number of likely N-dealkylation sites (tertiary alicyclic amines) is 1. The minimum absolute atomic E-state index is 0.0868. The molecule has 210 valence electrons. The molecule has 3 aromatic rings. The van der Waals surface area contributed by atoms with Crippen molar-refractivity contribution in [2.75, 3.05) is 38.6 Å². The second kappa shape index (κ2) is 12.4. The fraction of sp³-hybridized carbons (Fsp3) is 0.429. The number of aromatic nitrogens is 1. The fourth-order valence-electron chi connectivity index (χ4n) is 5.33. The zero-order chi connectivity index (χ0) is 28.2. The van der Waals surface area contributed by atoms with E-state index in [0.29, 0.717) is 73.2 Å². The summed E-state index contributed by atoms with van der Waals surface area (Å²) in [6.45, 7) is 1.77. The molecule has 0 spiro atoms. The van der Waals surface area contributed by atoms with Crippen LogP contribution in [0.5, 0.6) is 5.75 Å². The first kappa shape index (κ1) is 28.9. The lowest BCUT2D eigenvalue weighted by atomic mass is 9.71. The first-order valence-corrected chi connectivity index (χ1v) is 13.1. The Kier molecular flexibility index (Phi) is 9.17. The highest BCUT2D eigenvalue weighted by Gasteiger charge is 2.37. The van der Waals surface area contributed by atoms with Gasteiger partial charge in [0.05, 0.1) is 24.1 Å². The van der Waals surface area contributed by atoms with Gasteiger partial charge in [-0.15, -0.1) is 0 Å². The maximum atomic E-state index is 15.7. The largest absolute Gasteiger partial charge is 0.497 e. The zero-order valence-corrected chi connectivity index (χ0v) is 22.2. The first-order valence-electron chi connectivity index (χ1n) is 12.7. The molecule has 4 rings (SSSR count). The molecule has 39 heavy (non-hydrogen) atoms. The van der Waals surface area contributed by atoms with Crippen molar-refractivity contribution in [3.63, 3.8) is 0 Å². The van der Waals surface area contributed by atoms with Crippen molar-refractivity contribution < 1.29 is 32.2 Å². The number of rotatable bonds is 11. The molecule has 1 aromatic heterocycles. The number of benzene rings is 2. The Morgan fingerprint density at radius 3 is 2.54 bits per heavy atom. The van der Waals surface area contributed by atoms with Gasteiger partial charge in [0.15, 0.2) is 11.6 Å². The molecule has 1 saturated heterocycles. The van der Waals surface area contributed by atoms with E-state index in [2.05, 4.69) is 15.2 Å². The van der Waals surface area contributed by atoms with Crippen molar-refractivity contribution in [1.29, 1.82) is 0 Å². The first-order chi connectivity index (χ1) is 18.6. The average Bonchev–Trinajstić information content (AvgIpc) is 2.89. The van der Waals surface area contributed by atoms with E-state index < -0.39 is 35.0 Å². The minimum Gasteiger partial charge on any atom is -0.497 e. The van der Waals surface area contributed by atoms with E-state index in [0.717, 1.165) is 0 Å². The molecule has 6 nitrogen and oxygen atoms in total. The SMILES string of the molecule is COc1ccc2ncc(Cl)c([C@H](F)CCC3(CC(=O)O)CCN(CCNc4c(F)cc(F)cc4F)CC3)c2c1. The molecule has 2 aromatic carbocycles. The predicted octanol–water partition coefficient (Wildman–Crippen LogP) is 6.77. The quantitative estimate of drug-likeness (QED) is 0.249. The second-order valence-electron chi connectivity index (χ2n) is 9.99. The van der Waals surface area contributed by atoms with Gasteiger partial charge in [-0.2, -0.15) is 0 Å². The summed E-state index contributed by atoms with van der Waals surface area (Å²) >= 11 is 6.36. The summed E-state index contributed by atoms with van der Waals surface area (Å²) < 4.78 is 61.8. The molecule has 0 saturated carbocycles. The maximum absolute atomic E-state index is 15.7. The zero-order valence-electron chi connectivity index (χ0n) is 21.5. The number of alkyl halides is 1. The van der Waals surface area contributed by atoms with Crippen LogP contribution in [0, 0.1) is 22.9 Å². The predicted molar refractivity (Wildman–Crippen MR) is 142 cm³/mol. The van der Waals surface area contributed by atoms with Crippen LogP contribution in [0.3, 0.4) is 0 Å². The smallest absolute Gasteiger partial charge is 0.303 e. The number of hydrogen-bond donors (Lipinski definition) is 2. The van der Waals surface area contributed by atoms with Crippen LogP contribution in [0.25, 0.3) is 10.9 Å². The Hall–Kier alpha value is -3.11. The van der Waals surface area contributed by atoms with Gasteiger partial charge in [-0.1, -0.05) is 11.6 Å². The van der Waals surface area contributed by atoms with Gasteiger partial charge in [-0.25, -0.2) is 17.6 Å². The number of methoxy groups -OCH3 is 1. The molecule has 0 amide bonds. The Morgan fingerprint density at radius 2 is 1.90 bits per heavy atom. The van der Waals surface area contributed by atoms with Crippen LogP contribution in [0.15, 0.2) is 36.5 Å². The van der Waals surface area contributed by atoms with Gasteiger partial charge in [0.1, 0.15) is 23.4 Å². The summed E-state index contributed by atoms with van der Waals surface area (Å²) in [7, 11) is 1.52. The number of fused-ring (bicyclic) bond motifs is 1. The van der Waals surface area contributed by atoms with Gasteiger partial charge in [0, 0.05) is 42.4 Å². The Morgan fingerprint density at radius 1 is 1.21 bits per heavy atom. The fourth-order valence-corrected chi connectivity index (χ4v) is 5.60. The maximum Gasteiger partial charge on any atom is 0.303 e. The molecule has 0 unspecified atom stereocenters. The summed E-state index contributed by atoms with van der Waals surface area (Å²) in [5, 5.41) is 13.0. The molecule has 0 bridgehead atoms. The van der Waals surface area contributed by atoms with E-state index in [1.54, 1.807) is 18.2 Å². The van der Waals surface area contributed by atoms with Crippen molar-refractivity contribution in [2.24, 2.45) is 5.41 Å². The van der Waals surface area contributed by atoms with Crippen LogP contribution in [0.1, 0.15) is 43.8 Å². The molecule has 0 aliphatic carbocycles. The van der Waals surface area contributed by atoms with Gasteiger partial charge in [-0.05, 0) is 62.4 Å². The van der Waals surface area contributed by atoms with Crippen molar-refractivity contribution >= 4 is 34.2 Å². The number of carboxylic acid groups (broad SMARTS) is 1. The lowest BCUT2D eigenvalue weighted by Crippen LogP contribution is -2.43. The van der Waals surface area contributed by atoms with Crippen LogP contribution in [0.4, 0.5) is 23.2 Å². The molecule has 11 heteroatoms. The number of nitrogens with one attached hydrogen (secondary N) is 1. The molecule has 2 N–H and O–H groups in total. The van der Waals surface area contributed by atoms with Crippen LogP contribution >= 0.6 is 11.6 Å². The lowest BCUT2D eigenvalue weighted by Gasteiger charge is -2.41. The average molecular weight is 568 g/mol. The van der Waals surface area contributed by atoms with E-state index in [1.807, 2.05) is 0 Å². The summed E-state index contributed by atoms with van der Waals surface area (Å²) in [6.07, 6.45) is 1.41. The third-order valence-electron chi connectivity index (χ3n) is 7.49. The van der Waals surface area contributed by atoms with Crippen molar-refractivity contribution in [3.05, 3.63) is 64.6 Å². The highest BCUT2D eigenvalue weighted by molar-refractivity contribution is 6.32. The minimum atomic E-state index is -1.43. The molecular weight excluding hydrogens is 538 g/mol. The number of nitrogens with zero attached hydrogens (tertiary/aromatic N) is 2. The van der Waals surface area contributed by atoms with Gasteiger partial charge >= 0.3 is 5.97 Å². The number of aliphatic carboxylic acids is 1. The molecule has 1 aliphatic rings. The van der Waals surface area contributed by atoms with Gasteiger partial charge in [0.2, 0.25) is 0 Å². The number of anilines is 1. The van der Waals surface area contributed by atoms with Crippen LogP contribution in [-0.4, -0.2) is 54.2 Å². The molecular formula is C28H30ClF4N3O3. The van der Waals surface area contributed by atoms with Crippen LogP contribution in [0.2, 0.25) is 5.02 Å². The number of ether oxygens (including phenoxy) is 1. The third kappa shape index (κ3) is 6.91. The molecule has 1 fully saturated rings. The Labute approximate surface area is 228 Å². The van der Waals surface area contributed by atoms with Crippen LogP contribution < -0.4 is 10.1 Å². The standard InChI is InChI=1S/C28H30ClF4N3O3/c1-39-18-2-3-24-19(14-18)26(20(29)16-35-24)21(31)4-5-28(15-25(37)38)6-9-36(10-7-28)11-8-34-27-22(32)12-17(30)13-23(27)33/h2-3,12-14,16,21,34H,4-11,15H2,1H3,(H,37,38)/t21-/m1/s1. The number of carbonyl (C=O) groups is 1. The van der Waals surface area contributed by atoms with E-state index in [-0.39, 0.29) is 30.1 Å². The Bertz CT molecular complexity index is 1310. The van der Waals surface area contributed by atoms with Gasteiger partial charge in [-0.3, -0.25) is 9.78 Å². The van der Waals surface area contributed by atoms with Crippen molar-refractivity contribution in [2.45, 2.75) is 38.3 Å². The summed E-state index contributed by atoms with van der Waals surface area (Å²) in [5.74, 6) is -3.40. The summed E-state index contributed by atoms with van der Waals surface area (Å²) in [4.78, 5) is 18.0. The third-order valence-corrected chi connectivity index (χ3v) is 7.79. The van der Waals surface area contributed by atoms with Crippen molar-refractivity contribution in [1.82, 2.24) is 9.88 Å². The highest BCUT2D eigenvalue weighted by Crippen LogP contribution is 2.44. The van der Waals surface area contributed by atoms with E-state index in [4.69, 9.17) is 16.3 Å². The topological polar surface area (TPSA) is 74.7 Å².